The lowest BCUT2D eigenvalue weighted by Gasteiger charge is -2.51. The summed E-state index contributed by atoms with van der Waals surface area (Å²) in [5, 5.41) is 4.48. The van der Waals surface area contributed by atoms with E-state index in [9.17, 15) is 0 Å². The van der Waals surface area contributed by atoms with Crippen molar-refractivity contribution in [3.05, 3.63) is 88.1 Å². The Balaban J connectivity index is 1.31. The number of hydrazine groups is 1. The van der Waals surface area contributed by atoms with Crippen LogP contribution >= 0.6 is 11.3 Å². The summed E-state index contributed by atoms with van der Waals surface area (Å²) in [6.07, 6.45) is 4.18. The Morgan fingerprint density at radius 1 is 1.06 bits per heavy atom. The Bertz CT molecular complexity index is 1120. The highest BCUT2D eigenvalue weighted by Crippen LogP contribution is 2.51. The standard InChI is InChI=1S/C26H27N3O2S/c1-30-23-10-5-9-20-22-17-21(24-11-6-16-32-24)27-29(22)26(31-25(20)23)12-14-28(15-13-26)18-19-7-3-2-4-8-19/h2-11,16-17,22,27H,12-15,18H2,1H3/t22-/m1/s1. The molecule has 3 aliphatic rings. The number of fused-ring (bicyclic) bond motifs is 4. The molecule has 1 aromatic heterocycles. The average Bonchev–Trinajstić information content (AvgIpc) is 3.52. The number of ether oxygens (including phenoxy) is 2. The Morgan fingerprint density at radius 2 is 1.91 bits per heavy atom. The van der Waals surface area contributed by atoms with Crippen LogP contribution in [0.3, 0.4) is 0 Å². The van der Waals surface area contributed by atoms with E-state index in [1.807, 2.05) is 6.07 Å². The number of rotatable bonds is 4. The summed E-state index contributed by atoms with van der Waals surface area (Å²) in [5.74, 6) is 1.70. The van der Waals surface area contributed by atoms with Crippen LogP contribution < -0.4 is 14.9 Å². The monoisotopic (exact) mass is 445 g/mol. The fourth-order valence-corrected chi connectivity index (χ4v) is 5.84. The Labute approximate surface area is 192 Å². The first-order chi connectivity index (χ1) is 15.8. The smallest absolute Gasteiger partial charge is 0.183 e. The summed E-state index contributed by atoms with van der Waals surface area (Å²) < 4.78 is 12.5. The molecule has 0 bridgehead atoms. The fraction of sp³-hybridized carbons (Fsp3) is 0.308. The molecule has 6 heteroatoms. The van der Waals surface area contributed by atoms with Crippen molar-refractivity contribution in [1.82, 2.24) is 15.3 Å². The van der Waals surface area contributed by atoms with Crippen molar-refractivity contribution in [3.8, 4) is 11.5 Å². The van der Waals surface area contributed by atoms with E-state index in [-0.39, 0.29) is 6.04 Å². The maximum atomic E-state index is 6.84. The van der Waals surface area contributed by atoms with Crippen LogP contribution in [0.5, 0.6) is 11.5 Å². The van der Waals surface area contributed by atoms with Gasteiger partial charge in [0.05, 0.1) is 23.7 Å². The number of nitrogens with one attached hydrogen (secondary N) is 1. The van der Waals surface area contributed by atoms with Crippen LogP contribution in [0.1, 0.15) is 34.9 Å². The van der Waals surface area contributed by atoms with Crippen molar-refractivity contribution in [3.63, 3.8) is 0 Å². The number of methoxy groups -OCH3 is 1. The van der Waals surface area contributed by atoms with Gasteiger partial charge in [0.25, 0.3) is 0 Å². The summed E-state index contributed by atoms with van der Waals surface area (Å²) in [5.41, 5.74) is 6.99. The van der Waals surface area contributed by atoms with E-state index < -0.39 is 5.72 Å². The molecule has 1 N–H and O–H groups in total. The molecular formula is C26H27N3O2S. The van der Waals surface area contributed by atoms with Gasteiger partial charge < -0.3 is 14.9 Å². The van der Waals surface area contributed by atoms with Gasteiger partial charge in [-0.05, 0) is 29.2 Å². The van der Waals surface area contributed by atoms with Gasteiger partial charge in [0.15, 0.2) is 17.2 Å². The summed E-state index contributed by atoms with van der Waals surface area (Å²) >= 11 is 1.76. The maximum Gasteiger partial charge on any atom is 0.183 e. The molecule has 0 unspecified atom stereocenters. The molecule has 3 aromatic rings. The van der Waals surface area contributed by atoms with E-state index in [2.05, 4.69) is 81.4 Å². The predicted octanol–water partition coefficient (Wildman–Crippen LogP) is 5.04. The fourth-order valence-electron chi connectivity index (χ4n) is 5.14. The van der Waals surface area contributed by atoms with Gasteiger partial charge in [-0.25, -0.2) is 0 Å². The minimum atomic E-state index is -0.408. The lowest BCUT2D eigenvalue weighted by atomic mass is 9.92. The van der Waals surface area contributed by atoms with Crippen LogP contribution in [0.15, 0.2) is 72.1 Å². The molecule has 0 saturated carbocycles. The Morgan fingerprint density at radius 3 is 2.66 bits per heavy atom. The number of hydrogen-bond acceptors (Lipinski definition) is 6. The molecule has 0 radical (unpaired) electrons. The third kappa shape index (κ3) is 3.30. The van der Waals surface area contributed by atoms with Crippen LogP contribution in [0.4, 0.5) is 0 Å². The zero-order valence-corrected chi connectivity index (χ0v) is 19.0. The summed E-state index contributed by atoms with van der Waals surface area (Å²) in [6, 6.07) is 21.3. The van der Waals surface area contributed by atoms with Crippen LogP contribution in [0, 0.1) is 0 Å². The van der Waals surface area contributed by atoms with Crippen molar-refractivity contribution >= 4 is 17.0 Å². The molecule has 4 heterocycles. The molecule has 32 heavy (non-hydrogen) atoms. The van der Waals surface area contributed by atoms with Gasteiger partial charge in [0.2, 0.25) is 0 Å². The molecule has 5 nitrogen and oxygen atoms in total. The number of nitrogens with zero attached hydrogens (tertiary/aromatic N) is 2. The number of para-hydroxylation sites is 1. The second-order valence-electron chi connectivity index (χ2n) is 8.67. The van der Waals surface area contributed by atoms with Crippen molar-refractivity contribution in [1.29, 1.82) is 0 Å². The second kappa shape index (κ2) is 7.96. The van der Waals surface area contributed by atoms with E-state index in [4.69, 9.17) is 9.47 Å². The van der Waals surface area contributed by atoms with Gasteiger partial charge >= 0.3 is 0 Å². The van der Waals surface area contributed by atoms with Crippen LogP contribution in [0.25, 0.3) is 5.70 Å². The summed E-state index contributed by atoms with van der Waals surface area (Å²) in [7, 11) is 1.72. The van der Waals surface area contributed by atoms with Crippen molar-refractivity contribution in [2.75, 3.05) is 20.2 Å². The molecular weight excluding hydrogens is 418 g/mol. The van der Waals surface area contributed by atoms with E-state index >= 15 is 0 Å². The Hall–Kier alpha value is -2.80. The normalized spacial score (nSPS) is 21.9. The Kier molecular flexibility index (Phi) is 4.94. The topological polar surface area (TPSA) is 37.0 Å². The first-order valence-corrected chi connectivity index (χ1v) is 12.1. The van der Waals surface area contributed by atoms with Gasteiger partial charge in [0.1, 0.15) is 0 Å². The molecule has 1 spiro atoms. The third-order valence-corrected chi connectivity index (χ3v) is 7.70. The lowest BCUT2D eigenvalue weighted by molar-refractivity contribution is -0.161. The molecule has 2 aromatic carbocycles. The molecule has 1 fully saturated rings. The zero-order chi connectivity index (χ0) is 21.5. The second-order valence-corrected chi connectivity index (χ2v) is 9.62. The number of likely N-dealkylation sites (tertiary alicyclic amines) is 1. The predicted molar refractivity (Wildman–Crippen MR) is 127 cm³/mol. The quantitative estimate of drug-likeness (QED) is 0.609. The highest BCUT2D eigenvalue weighted by atomic mass is 32.1. The minimum absolute atomic E-state index is 0.117. The van der Waals surface area contributed by atoms with Gasteiger partial charge in [0, 0.05) is 38.0 Å². The van der Waals surface area contributed by atoms with E-state index in [0.29, 0.717) is 0 Å². The average molecular weight is 446 g/mol. The number of benzene rings is 2. The first kappa shape index (κ1) is 19.9. The van der Waals surface area contributed by atoms with Gasteiger partial charge in [-0.1, -0.05) is 48.5 Å². The van der Waals surface area contributed by atoms with Gasteiger partial charge in [-0.3, -0.25) is 4.90 Å². The number of thiophene rings is 1. The largest absolute Gasteiger partial charge is 0.493 e. The van der Waals surface area contributed by atoms with Gasteiger partial charge in [-0.15, -0.1) is 11.3 Å². The van der Waals surface area contributed by atoms with Crippen molar-refractivity contribution < 1.29 is 9.47 Å². The van der Waals surface area contributed by atoms with Crippen LogP contribution in [-0.2, 0) is 6.54 Å². The number of piperidine rings is 1. The SMILES string of the molecule is COc1cccc2c1OC1(CCN(Cc3ccccc3)CC1)N1NC(c3cccs3)=C[C@H]21. The zero-order valence-electron chi connectivity index (χ0n) is 18.2. The van der Waals surface area contributed by atoms with Crippen LogP contribution in [0.2, 0.25) is 0 Å². The summed E-state index contributed by atoms with van der Waals surface area (Å²) in [4.78, 5) is 3.78. The van der Waals surface area contributed by atoms with Crippen molar-refractivity contribution in [2.45, 2.75) is 31.2 Å². The van der Waals surface area contributed by atoms with E-state index in [0.717, 1.165) is 55.2 Å². The minimum Gasteiger partial charge on any atom is -0.493 e. The first-order valence-electron chi connectivity index (χ1n) is 11.2. The molecule has 1 saturated heterocycles. The number of hydrogen-bond donors (Lipinski definition) is 1. The molecule has 164 valence electrons. The molecule has 0 amide bonds. The lowest BCUT2D eigenvalue weighted by Crippen LogP contribution is -2.63. The van der Waals surface area contributed by atoms with E-state index in [1.54, 1.807) is 18.4 Å². The van der Waals surface area contributed by atoms with Gasteiger partial charge in [-0.2, -0.15) is 5.01 Å². The molecule has 6 rings (SSSR count). The molecule has 1 atom stereocenters. The molecule has 0 aliphatic carbocycles. The highest BCUT2D eigenvalue weighted by Gasteiger charge is 2.52. The third-order valence-electron chi connectivity index (χ3n) is 6.80. The van der Waals surface area contributed by atoms with E-state index in [1.165, 1.54) is 10.4 Å². The maximum absolute atomic E-state index is 6.84. The van der Waals surface area contributed by atoms with Crippen molar-refractivity contribution in [2.24, 2.45) is 0 Å². The highest BCUT2D eigenvalue weighted by molar-refractivity contribution is 7.11. The summed E-state index contributed by atoms with van der Waals surface area (Å²) in [6.45, 7) is 2.95. The van der Waals surface area contributed by atoms with Crippen LogP contribution in [-0.4, -0.2) is 35.8 Å². The molecule has 3 aliphatic heterocycles.